The third-order valence-electron chi connectivity index (χ3n) is 5.90. The largest absolute Gasteiger partial charge is 0.463 e. The van der Waals surface area contributed by atoms with Crippen molar-refractivity contribution in [2.75, 3.05) is 13.2 Å². The molecule has 10 atom stereocenters. The van der Waals surface area contributed by atoms with Gasteiger partial charge in [-0.05, 0) is 0 Å². The lowest BCUT2D eigenvalue weighted by atomic mass is 9.96. The Balaban J connectivity index is 2.66. The summed E-state index contributed by atoms with van der Waals surface area (Å²) < 4.78 is 54.1. The molecule has 0 saturated carbocycles. The highest BCUT2D eigenvalue weighted by molar-refractivity contribution is 5.69. The number of carbonyl (C=O) groups is 7. The summed E-state index contributed by atoms with van der Waals surface area (Å²) in [6, 6.07) is 0. The molecule has 0 aromatic heterocycles. The SMILES string of the molecule is CC(=O)OC[C@@H]1O[C@@H](O)[C@@H](OC(C)=O)[C@H](OC(C)=O)[C@H]1O[C@H]1O[C@H](COC(C)=O)[C@@H](OC(C)=O)[C@H](OC(C)=O)[C@H]1OC(C)=O. The van der Waals surface area contributed by atoms with E-state index >= 15 is 0 Å². The number of esters is 7. The molecule has 248 valence electrons. The predicted molar refractivity (Wildman–Crippen MR) is 135 cm³/mol. The number of aliphatic hydroxyl groups is 1. The number of aliphatic hydroxyl groups excluding tert-OH is 1. The van der Waals surface area contributed by atoms with Gasteiger partial charge in [-0.15, -0.1) is 0 Å². The van der Waals surface area contributed by atoms with Gasteiger partial charge < -0.3 is 52.5 Å². The minimum Gasteiger partial charge on any atom is -0.463 e. The van der Waals surface area contributed by atoms with E-state index in [-0.39, 0.29) is 0 Å². The van der Waals surface area contributed by atoms with E-state index in [1.807, 2.05) is 0 Å². The van der Waals surface area contributed by atoms with Crippen LogP contribution < -0.4 is 0 Å². The molecule has 0 spiro atoms. The molecule has 18 heteroatoms. The molecule has 2 heterocycles. The summed E-state index contributed by atoms with van der Waals surface area (Å²) >= 11 is 0. The quantitative estimate of drug-likeness (QED) is 0.203. The van der Waals surface area contributed by atoms with Gasteiger partial charge >= 0.3 is 41.8 Å². The van der Waals surface area contributed by atoms with Gasteiger partial charge in [0, 0.05) is 48.5 Å². The molecule has 0 radical (unpaired) electrons. The maximum Gasteiger partial charge on any atom is 0.303 e. The molecule has 0 aromatic rings. The molecule has 1 N–H and O–H groups in total. The van der Waals surface area contributed by atoms with E-state index in [2.05, 4.69) is 0 Å². The Labute approximate surface area is 251 Å². The van der Waals surface area contributed by atoms with Crippen molar-refractivity contribution in [3.63, 3.8) is 0 Å². The summed E-state index contributed by atoms with van der Waals surface area (Å²) in [5.74, 6) is -6.03. The third-order valence-corrected chi connectivity index (χ3v) is 5.90. The molecule has 2 rings (SSSR count). The molecule has 0 aromatic carbocycles. The minimum absolute atomic E-state index is 0.572. The van der Waals surface area contributed by atoms with Crippen LogP contribution in [0.1, 0.15) is 48.5 Å². The van der Waals surface area contributed by atoms with Crippen LogP contribution in [-0.2, 0) is 80.9 Å². The molecule has 0 amide bonds. The van der Waals surface area contributed by atoms with Crippen molar-refractivity contribution in [1.29, 1.82) is 0 Å². The fourth-order valence-electron chi connectivity index (χ4n) is 4.49. The molecular formula is C26H36O18. The van der Waals surface area contributed by atoms with Gasteiger partial charge in [0.25, 0.3) is 0 Å². The first-order chi connectivity index (χ1) is 20.5. The Morgan fingerprint density at radius 1 is 0.477 bits per heavy atom. The average molecular weight is 637 g/mol. The van der Waals surface area contributed by atoms with Crippen molar-refractivity contribution in [3.8, 4) is 0 Å². The first-order valence-electron chi connectivity index (χ1n) is 13.3. The van der Waals surface area contributed by atoms with Crippen molar-refractivity contribution < 1.29 is 86.0 Å². The van der Waals surface area contributed by atoms with Gasteiger partial charge in [-0.25, -0.2) is 0 Å². The Bertz CT molecular complexity index is 1090. The van der Waals surface area contributed by atoms with Gasteiger partial charge in [-0.3, -0.25) is 33.6 Å². The highest BCUT2D eigenvalue weighted by Gasteiger charge is 2.57. The van der Waals surface area contributed by atoms with E-state index in [1.54, 1.807) is 0 Å². The molecule has 2 aliphatic rings. The zero-order valence-electron chi connectivity index (χ0n) is 25.1. The summed E-state index contributed by atoms with van der Waals surface area (Å²) in [5, 5.41) is 10.6. The molecule has 0 unspecified atom stereocenters. The van der Waals surface area contributed by atoms with Crippen LogP contribution in [0.4, 0.5) is 0 Å². The first-order valence-corrected chi connectivity index (χ1v) is 13.3. The normalized spacial score (nSPS) is 31.5. The van der Waals surface area contributed by atoms with Crippen molar-refractivity contribution in [1.82, 2.24) is 0 Å². The van der Waals surface area contributed by atoms with Gasteiger partial charge in [0.05, 0.1) is 0 Å². The van der Waals surface area contributed by atoms with Crippen molar-refractivity contribution in [3.05, 3.63) is 0 Å². The maximum atomic E-state index is 12.2. The first kappa shape index (κ1) is 36.3. The van der Waals surface area contributed by atoms with Crippen molar-refractivity contribution in [2.45, 2.75) is 110 Å². The van der Waals surface area contributed by atoms with Crippen LogP contribution in [0.2, 0.25) is 0 Å². The summed E-state index contributed by atoms with van der Waals surface area (Å²) in [7, 11) is 0. The zero-order chi connectivity index (χ0) is 33.3. The Kier molecular flexibility index (Phi) is 13.4. The second-order valence-electron chi connectivity index (χ2n) is 9.68. The van der Waals surface area contributed by atoms with E-state index < -0.39 is 116 Å². The molecular weight excluding hydrogens is 600 g/mol. The summed E-state index contributed by atoms with van der Waals surface area (Å²) in [6.45, 7) is 6.11. The van der Waals surface area contributed by atoms with Crippen molar-refractivity contribution >= 4 is 41.8 Å². The van der Waals surface area contributed by atoms with Crippen LogP contribution in [-0.4, -0.2) is 122 Å². The molecule has 0 aliphatic carbocycles. The molecule has 2 saturated heterocycles. The molecule has 2 fully saturated rings. The topological polar surface area (TPSA) is 232 Å². The summed E-state index contributed by atoms with van der Waals surface area (Å²) in [5.41, 5.74) is 0. The monoisotopic (exact) mass is 636 g/mol. The average Bonchev–Trinajstić information content (AvgIpc) is 2.87. The molecule has 18 nitrogen and oxygen atoms in total. The molecule has 0 bridgehead atoms. The van der Waals surface area contributed by atoms with Crippen LogP contribution in [0, 0.1) is 0 Å². The Morgan fingerprint density at radius 3 is 1.27 bits per heavy atom. The van der Waals surface area contributed by atoms with Crippen molar-refractivity contribution in [2.24, 2.45) is 0 Å². The van der Waals surface area contributed by atoms with E-state index in [0.29, 0.717) is 0 Å². The summed E-state index contributed by atoms with van der Waals surface area (Å²) in [4.78, 5) is 83.5. The zero-order valence-corrected chi connectivity index (χ0v) is 25.1. The smallest absolute Gasteiger partial charge is 0.303 e. The third kappa shape index (κ3) is 10.7. The van der Waals surface area contributed by atoms with Gasteiger partial charge in [-0.1, -0.05) is 0 Å². The highest BCUT2D eigenvalue weighted by Crippen LogP contribution is 2.34. The Hall–Kier alpha value is -3.87. The second kappa shape index (κ2) is 16.3. The van der Waals surface area contributed by atoms with Crippen LogP contribution in [0.5, 0.6) is 0 Å². The predicted octanol–water partition coefficient (Wildman–Crippen LogP) is -1.40. The number of hydrogen-bond donors (Lipinski definition) is 1. The van der Waals surface area contributed by atoms with Gasteiger partial charge in [0.1, 0.15) is 31.5 Å². The lowest BCUT2D eigenvalue weighted by Crippen LogP contribution is -2.67. The van der Waals surface area contributed by atoms with E-state index in [0.717, 1.165) is 48.5 Å². The standard InChI is InChI=1S/C26H36O18/c1-10(27)35-8-17-20(21(38-13(4)30)23(25(34)42-17)40-15(6)32)44-26-24(41-16(7)33)22(39-14(5)31)19(37-12(3)29)18(43-26)9-36-11(2)28/h17-26,34H,8-9H2,1-7H3/t17-,18+,19+,20-,21+,22-,23-,24+,25+,26+/m0/s1. The summed E-state index contributed by atoms with van der Waals surface area (Å²) in [6.07, 6.45) is -16.3. The number of hydrogen-bond acceptors (Lipinski definition) is 18. The van der Waals surface area contributed by atoms with Gasteiger partial charge in [0.2, 0.25) is 0 Å². The van der Waals surface area contributed by atoms with Gasteiger partial charge in [0.15, 0.2) is 43.1 Å². The maximum absolute atomic E-state index is 12.2. The van der Waals surface area contributed by atoms with Crippen LogP contribution >= 0.6 is 0 Å². The van der Waals surface area contributed by atoms with Crippen LogP contribution in [0.3, 0.4) is 0 Å². The fourth-order valence-corrected chi connectivity index (χ4v) is 4.49. The van der Waals surface area contributed by atoms with Crippen LogP contribution in [0.15, 0.2) is 0 Å². The minimum atomic E-state index is -1.90. The number of carbonyl (C=O) groups excluding carboxylic acids is 7. The highest BCUT2D eigenvalue weighted by atomic mass is 16.8. The van der Waals surface area contributed by atoms with E-state index in [4.69, 9.17) is 47.4 Å². The van der Waals surface area contributed by atoms with Crippen LogP contribution in [0.25, 0.3) is 0 Å². The molecule has 44 heavy (non-hydrogen) atoms. The number of rotatable bonds is 11. The number of ether oxygens (including phenoxy) is 10. The second-order valence-corrected chi connectivity index (χ2v) is 9.68. The lowest BCUT2D eigenvalue weighted by Gasteiger charge is -2.48. The van der Waals surface area contributed by atoms with E-state index in [1.165, 1.54) is 0 Å². The van der Waals surface area contributed by atoms with E-state index in [9.17, 15) is 38.7 Å². The van der Waals surface area contributed by atoms with Gasteiger partial charge in [-0.2, -0.15) is 0 Å². The Morgan fingerprint density at radius 2 is 0.841 bits per heavy atom. The molecule has 2 aliphatic heterocycles. The fraction of sp³-hybridized carbons (Fsp3) is 0.731. The lowest BCUT2D eigenvalue weighted by molar-refractivity contribution is -0.357.